The Bertz CT molecular complexity index is 421. The lowest BCUT2D eigenvalue weighted by Crippen LogP contribution is -2.40. The van der Waals surface area contributed by atoms with Gasteiger partial charge in [0, 0.05) is 31.5 Å². The third kappa shape index (κ3) is 3.88. The molecule has 0 radical (unpaired) electrons. The van der Waals surface area contributed by atoms with Gasteiger partial charge in [-0.15, -0.1) is 0 Å². The van der Waals surface area contributed by atoms with Crippen LogP contribution in [0, 0.1) is 0 Å². The molecule has 5 heteroatoms. The van der Waals surface area contributed by atoms with Crippen LogP contribution in [0.2, 0.25) is 0 Å². The zero-order chi connectivity index (χ0) is 13.7. The van der Waals surface area contributed by atoms with Crippen LogP contribution in [0.1, 0.15) is 31.7 Å². The van der Waals surface area contributed by atoms with E-state index in [0.29, 0.717) is 11.1 Å². The second-order valence-corrected chi connectivity index (χ2v) is 5.29. The fourth-order valence-corrected chi connectivity index (χ4v) is 2.41. The van der Waals surface area contributed by atoms with E-state index in [1.165, 1.54) is 0 Å². The van der Waals surface area contributed by atoms with Gasteiger partial charge in [0.2, 0.25) is 0 Å². The maximum absolute atomic E-state index is 5.84. The molecule has 0 saturated carbocycles. The van der Waals surface area contributed by atoms with Crippen molar-refractivity contribution in [2.45, 2.75) is 32.3 Å². The lowest BCUT2D eigenvalue weighted by atomic mass is 10.1. The zero-order valence-corrected chi connectivity index (χ0v) is 12.2. The molecule has 0 amide bonds. The highest BCUT2D eigenvalue weighted by molar-refractivity contribution is 7.80. The first-order chi connectivity index (χ1) is 9.20. The second kappa shape index (κ2) is 6.82. The summed E-state index contributed by atoms with van der Waals surface area (Å²) in [6, 6.07) is 3.91. The molecule has 1 aromatic heterocycles. The van der Waals surface area contributed by atoms with Gasteiger partial charge in [0.1, 0.15) is 10.8 Å². The average Bonchev–Trinajstić information content (AvgIpc) is 2.45. The highest BCUT2D eigenvalue weighted by Gasteiger charge is 2.21. The molecule has 0 aliphatic carbocycles. The Morgan fingerprint density at radius 2 is 2.42 bits per heavy atom. The van der Waals surface area contributed by atoms with Gasteiger partial charge in [-0.05, 0) is 31.4 Å². The van der Waals surface area contributed by atoms with Crippen molar-refractivity contribution in [3.63, 3.8) is 0 Å². The number of nitrogens with zero attached hydrogens (tertiary/aromatic N) is 2. The van der Waals surface area contributed by atoms with Gasteiger partial charge in [0.05, 0.1) is 6.10 Å². The van der Waals surface area contributed by atoms with Crippen LogP contribution in [0.15, 0.2) is 18.3 Å². The van der Waals surface area contributed by atoms with Crippen molar-refractivity contribution in [1.82, 2.24) is 4.98 Å². The molecule has 2 rings (SSSR count). The third-order valence-electron chi connectivity index (χ3n) is 3.29. The molecule has 2 N–H and O–H groups in total. The highest BCUT2D eigenvalue weighted by Crippen LogP contribution is 2.19. The molecule has 1 atom stereocenters. The molecule has 1 unspecified atom stereocenters. The van der Waals surface area contributed by atoms with E-state index in [9.17, 15) is 0 Å². The van der Waals surface area contributed by atoms with Gasteiger partial charge in [-0.3, -0.25) is 0 Å². The minimum Gasteiger partial charge on any atom is -0.389 e. The molecule has 1 aliphatic heterocycles. The normalized spacial score (nSPS) is 19.4. The second-order valence-electron chi connectivity index (χ2n) is 4.85. The van der Waals surface area contributed by atoms with Gasteiger partial charge in [0.25, 0.3) is 0 Å². The summed E-state index contributed by atoms with van der Waals surface area (Å²) in [4.78, 5) is 7.10. The first-order valence-corrected chi connectivity index (χ1v) is 7.24. The summed E-state index contributed by atoms with van der Waals surface area (Å²) >= 11 is 4.93. The van der Waals surface area contributed by atoms with E-state index in [1.54, 1.807) is 6.20 Å². The summed E-state index contributed by atoms with van der Waals surface area (Å²) < 4.78 is 5.84. The van der Waals surface area contributed by atoms with Crippen LogP contribution in [0.5, 0.6) is 0 Å². The Labute approximate surface area is 120 Å². The van der Waals surface area contributed by atoms with Crippen molar-refractivity contribution < 1.29 is 4.74 Å². The Hall–Kier alpha value is -1.20. The number of ether oxygens (including phenoxy) is 1. The molecule has 2 heterocycles. The summed E-state index contributed by atoms with van der Waals surface area (Å²) in [6.45, 7) is 4.92. The van der Waals surface area contributed by atoms with E-state index in [2.05, 4.69) is 16.8 Å². The number of hydrogen-bond donors (Lipinski definition) is 1. The number of pyridine rings is 1. The Kier molecular flexibility index (Phi) is 5.10. The van der Waals surface area contributed by atoms with E-state index in [0.717, 1.165) is 50.3 Å². The Morgan fingerprint density at radius 3 is 3.05 bits per heavy atom. The maximum Gasteiger partial charge on any atom is 0.128 e. The molecule has 4 nitrogen and oxygen atoms in total. The van der Waals surface area contributed by atoms with E-state index < -0.39 is 0 Å². The number of nitrogens with two attached hydrogens (primary N) is 1. The first kappa shape index (κ1) is 14.2. The van der Waals surface area contributed by atoms with Crippen molar-refractivity contribution in [1.29, 1.82) is 0 Å². The standard InChI is InChI=1S/C14H21N3OS/c1-2-8-18-12-4-3-7-17(10-12)13-6-5-11(9-16-13)14(15)19/h5-6,9,12H,2-4,7-8,10H2,1H3,(H2,15,19). The van der Waals surface area contributed by atoms with E-state index >= 15 is 0 Å². The Balaban J connectivity index is 1.98. The van der Waals surface area contributed by atoms with Crippen molar-refractivity contribution in [2.24, 2.45) is 5.73 Å². The number of piperidine rings is 1. The SMILES string of the molecule is CCCOC1CCCN(c2ccc(C(N)=S)cn2)C1. The molecule has 0 spiro atoms. The van der Waals surface area contributed by atoms with Crippen LogP contribution < -0.4 is 10.6 Å². The molecule has 0 bridgehead atoms. The highest BCUT2D eigenvalue weighted by atomic mass is 32.1. The predicted octanol–water partition coefficient (Wildman–Crippen LogP) is 2.11. The average molecular weight is 279 g/mol. The number of thiocarbonyl (C=S) groups is 1. The van der Waals surface area contributed by atoms with E-state index in [-0.39, 0.29) is 0 Å². The number of rotatable bonds is 5. The van der Waals surface area contributed by atoms with Crippen molar-refractivity contribution in [3.8, 4) is 0 Å². The van der Waals surface area contributed by atoms with Gasteiger partial charge in [-0.25, -0.2) is 4.98 Å². The van der Waals surface area contributed by atoms with Crippen molar-refractivity contribution in [3.05, 3.63) is 23.9 Å². The largest absolute Gasteiger partial charge is 0.389 e. The van der Waals surface area contributed by atoms with Crippen LogP contribution in [0.25, 0.3) is 0 Å². The van der Waals surface area contributed by atoms with E-state index in [4.69, 9.17) is 22.7 Å². The fraction of sp³-hybridized carbons (Fsp3) is 0.571. The third-order valence-corrected chi connectivity index (χ3v) is 3.53. The van der Waals surface area contributed by atoms with Crippen molar-refractivity contribution >= 4 is 23.0 Å². The smallest absolute Gasteiger partial charge is 0.128 e. The van der Waals surface area contributed by atoms with Gasteiger partial charge in [-0.2, -0.15) is 0 Å². The summed E-state index contributed by atoms with van der Waals surface area (Å²) in [6.07, 6.45) is 5.42. The molecule has 1 aliphatic rings. The molecule has 19 heavy (non-hydrogen) atoms. The van der Waals surface area contributed by atoms with Crippen molar-refractivity contribution in [2.75, 3.05) is 24.6 Å². The van der Waals surface area contributed by atoms with Crippen LogP contribution in [-0.2, 0) is 4.74 Å². The zero-order valence-electron chi connectivity index (χ0n) is 11.3. The molecule has 104 valence electrons. The maximum atomic E-state index is 5.84. The summed E-state index contributed by atoms with van der Waals surface area (Å²) in [5, 5.41) is 0. The van der Waals surface area contributed by atoms with Crippen LogP contribution in [-0.4, -0.2) is 35.8 Å². The molecule has 0 aromatic carbocycles. The lowest BCUT2D eigenvalue weighted by Gasteiger charge is -2.33. The quantitative estimate of drug-likeness (QED) is 0.837. The molecule has 1 saturated heterocycles. The molecule has 1 aromatic rings. The van der Waals surface area contributed by atoms with Crippen LogP contribution >= 0.6 is 12.2 Å². The predicted molar refractivity (Wildman–Crippen MR) is 81.6 cm³/mol. The summed E-state index contributed by atoms with van der Waals surface area (Å²) in [7, 11) is 0. The van der Waals surface area contributed by atoms with Crippen LogP contribution in [0.3, 0.4) is 0 Å². The lowest BCUT2D eigenvalue weighted by molar-refractivity contribution is 0.0439. The summed E-state index contributed by atoms with van der Waals surface area (Å²) in [5.41, 5.74) is 6.39. The molecule has 1 fully saturated rings. The van der Waals surface area contributed by atoms with Gasteiger partial charge in [-0.1, -0.05) is 19.1 Å². The van der Waals surface area contributed by atoms with Gasteiger partial charge >= 0.3 is 0 Å². The molecular formula is C14H21N3OS. The first-order valence-electron chi connectivity index (χ1n) is 6.83. The number of anilines is 1. The molecular weight excluding hydrogens is 258 g/mol. The fourth-order valence-electron chi connectivity index (χ4n) is 2.29. The van der Waals surface area contributed by atoms with Gasteiger partial charge < -0.3 is 15.4 Å². The number of aromatic nitrogens is 1. The monoisotopic (exact) mass is 279 g/mol. The minimum atomic E-state index is 0.325. The van der Waals surface area contributed by atoms with Gasteiger partial charge in [0.15, 0.2) is 0 Å². The topological polar surface area (TPSA) is 51.4 Å². The van der Waals surface area contributed by atoms with E-state index in [1.807, 2.05) is 12.1 Å². The minimum absolute atomic E-state index is 0.325. The number of hydrogen-bond acceptors (Lipinski definition) is 4. The van der Waals surface area contributed by atoms with Crippen LogP contribution in [0.4, 0.5) is 5.82 Å². The Morgan fingerprint density at radius 1 is 1.58 bits per heavy atom. The summed E-state index contributed by atoms with van der Waals surface area (Å²) in [5.74, 6) is 0.977.